The zero-order valence-corrected chi connectivity index (χ0v) is 8.78. The number of β-lactam (4-membered cyclic amide) rings is 1. The second-order valence-corrected chi connectivity index (χ2v) is 4.20. The molecule has 0 spiro atoms. The van der Waals surface area contributed by atoms with Gasteiger partial charge in [0.05, 0.1) is 18.4 Å². The van der Waals surface area contributed by atoms with Crippen molar-refractivity contribution in [2.75, 3.05) is 6.61 Å². The molecule has 1 atom stereocenters. The number of rotatable bonds is 2. The van der Waals surface area contributed by atoms with Gasteiger partial charge in [0.15, 0.2) is 0 Å². The smallest absolute Gasteiger partial charge is 0.231 e. The average molecular weight is 215 g/mol. The molecule has 1 saturated heterocycles. The molecule has 5 heteroatoms. The van der Waals surface area contributed by atoms with Gasteiger partial charge in [-0.3, -0.25) is 9.69 Å². The summed E-state index contributed by atoms with van der Waals surface area (Å²) in [5.41, 5.74) is 0.767. The highest BCUT2D eigenvalue weighted by Gasteiger charge is 2.43. The highest BCUT2D eigenvalue weighted by Crippen LogP contribution is 2.41. The number of ether oxygens (including phenoxy) is 1. The fraction of sp³-hybridized carbons (Fsp3) is 0.500. The van der Waals surface area contributed by atoms with Crippen LogP contribution in [0, 0.1) is 0 Å². The van der Waals surface area contributed by atoms with Gasteiger partial charge in [0.25, 0.3) is 0 Å². The van der Waals surface area contributed by atoms with E-state index in [-0.39, 0.29) is 11.3 Å². The van der Waals surface area contributed by atoms with Crippen LogP contribution in [-0.2, 0) is 9.53 Å². The molecule has 1 amide bonds. The molecule has 0 aliphatic carbocycles. The van der Waals surface area contributed by atoms with Crippen LogP contribution >= 0.6 is 24.0 Å². The number of fused-ring (bicyclic) bond motifs is 1. The van der Waals surface area contributed by atoms with Gasteiger partial charge in [-0.05, 0) is 19.1 Å². The maximum absolute atomic E-state index is 11.2. The molecule has 2 aliphatic heterocycles. The summed E-state index contributed by atoms with van der Waals surface area (Å²) < 4.78 is 5.18. The lowest BCUT2D eigenvalue weighted by atomic mass is 10.2. The number of nitrogens with zero attached hydrogens (tertiary/aromatic N) is 1. The Bertz CT molecular complexity index is 301. The quantitative estimate of drug-likeness (QED) is 0.515. The summed E-state index contributed by atoms with van der Waals surface area (Å²) >= 11 is 6.67. The molecule has 0 unspecified atom stereocenters. The van der Waals surface area contributed by atoms with Gasteiger partial charge in [-0.2, -0.15) is 0 Å². The van der Waals surface area contributed by atoms with Crippen molar-refractivity contribution in [3.8, 4) is 0 Å². The van der Waals surface area contributed by atoms with Crippen LogP contribution < -0.4 is 0 Å². The van der Waals surface area contributed by atoms with Gasteiger partial charge in [-0.15, -0.1) is 11.8 Å². The molecule has 0 aromatic heterocycles. The van der Waals surface area contributed by atoms with Crippen molar-refractivity contribution in [3.05, 3.63) is 11.1 Å². The average Bonchev–Trinajstić information content (AvgIpc) is 2.42. The van der Waals surface area contributed by atoms with Crippen LogP contribution in [0.25, 0.3) is 0 Å². The first-order chi connectivity index (χ1) is 6.24. The van der Waals surface area contributed by atoms with E-state index in [1.807, 2.05) is 12.3 Å². The van der Waals surface area contributed by atoms with Crippen LogP contribution in [0.15, 0.2) is 11.1 Å². The molecule has 0 aromatic rings. The molecule has 0 N–H and O–H groups in total. The number of carbonyl (C=O) groups is 1. The van der Waals surface area contributed by atoms with Crippen LogP contribution in [0.4, 0.5) is 0 Å². The van der Waals surface area contributed by atoms with E-state index in [2.05, 4.69) is 0 Å². The topological polar surface area (TPSA) is 29.5 Å². The van der Waals surface area contributed by atoms with Crippen molar-refractivity contribution in [1.29, 1.82) is 0 Å². The van der Waals surface area contributed by atoms with E-state index in [9.17, 15) is 4.79 Å². The molecule has 3 nitrogen and oxygen atoms in total. The fourth-order valence-corrected chi connectivity index (χ4v) is 2.78. The normalized spacial score (nSPS) is 25.0. The standard InChI is InChI=1S/C8H9NO2S2/c1-2-11-8(12)5-4-13-7-3-6(10)9(5)7/h4,7H,2-3H2,1H3/t7-/m1/s1. The molecule has 1 fully saturated rings. The van der Waals surface area contributed by atoms with E-state index in [1.54, 1.807) is 16.7 Å². The van der Waals surface area contributed by atoms with E-state index in [0.29, 0.717) is 18.1 Å². The summed E-state index contributed by atoms with van der Waals surface area (Å²) in [7, 11) is 0. The summed E-state index contributed by atoms with van der Waals surface area (Å²) in [4.78, 5) is 12.9. The van der Waals surface area contributed by atoms with Crippen molar-refractivity contribution in [2.24, 2.45) is 0 Å². The van der Waals surface area contributed by atoms with Crippen molar-refractivity contribution < 1.29 is 9.53 Å². The Hall–Kier alpha value is -0.550. The summed E-state index contributed by atoms with van der Waals surface area (Å²) in [5, 5.41) is 2.62. The number of thiocarbonyl (C=S) groups is 1. The molecule has 2 aliphatic rings. The lowest BCUT2D eigenvalue weighted by Crippen LogP contribution is -2.48. The van der Waals surface area contributed by atoms with Gasteiger partial charge in [0, 0.05) is 5.41 Å². The lowest BCUT2D eigenvalue weighted by Gasteiger charge is -2.35. The number of amides is 1. The van der Waals surface area contributed by atoms with Gasteiger partial charge in [-0.25, -0.2) is 0 Å². The van der Waals surface area contributed by atoms with Gasteiger partial charge in [0.1, 0.15) is 5.70 Å². The Labute approximate surface area is 86.1 Å². The van der Waals surface area contributed by atoms with Crippen LogP contribution in [0.3, 0.4) is 0 Å². The molecule has 13 heavy (non-hydrogen) atoms. The van der Waals surface area contributed by atoms with Crippen LogP contribution in [0.2, 0.25) is 0 Å². The SMILES string of the molecule is CCOC(=S)C1=CS[C@@H]2CC(=O)N12. The van der Waals surface area contributed by atoms with Crippen molar-refractivity contribution in [2.45, 2.75) is 18.7 Å². The number of hydrogen-bond acceptors (Lipinski definition) is 4. The monoisotopic (exact) mass is 215 g/mol. The predicted octanol–water partition coefficient (Wildman–Crippen LogP) is 1.50. The third-order valence-corrected chi connectivity index (χ3v) is 3.36. The highest BCUT2D eigenvalue weighted by atomic mass is 32.2. The Kier molecular flexibility index (Phi) is 2.29. The van der Waals surface area contributed by atoms with Gasteiger partial charge in [-0.1, -0.05) is 0 Å². The highest BCUT2D eigenvalue weighted by molar-refractivity contribution is 8.03. The second kappa shape index (κ2) is 3.31. The summed E-state index contributed by atoms with van der Waals surface area (Å²) in [6, 6.07) is 0. The first-order valence-electron chi connectivity index (χ1n) is 4.09. The molecule has 0 radical (unpaired) electrons. The largest absolute Gasteiger partial charge is 0.482 e. The molecule has 0 saturated carbocycles. The maximum Gasteiger partial charge on any atom is 0.231 e. The van der Waals surface area contributed by atoms with Gasteiger partial charge >= 0.3 is 0 Å². The van der Waals surface area contributed by atoms with Crippen LogP contribution in [-0.4, -0.2) is 27.8 Å². The zero-order chi connectivity index (χ0) is 9.42. The van der Waals surface area contributed by atoms with E-state index in [0.717, 1.165) is 5.70 Å². The van der Waals surface area contributed by atoms with E-state index < -0.39 is 0 Å². The van der Waals surface area contributed by atoms with Gasteiger partial charge < -0.3 is 4.74 Å². The first kappa shape index (κ1) is 9.02. The molecule has 70 valence electrons. The third kappa shape index (κ3) is 1.36. The van der Waals surface area contributed by atoms with Crippen LogP contribution in [0.5, 0.6) is 0 Å². The number of thioether (sulfide) groups is 1. The molecule has 0 aromatic carbocycles. The summed E-state index contributed by atoms with van der Waals surface area (Å²) in [5.74, 6) is 0.142. The minimum atomic E-state index is 0.142. The Morgan fingerprint density at radius 1 is 1.92 bits per heavy atom. The summed E-state index contributed by atoms with van der Waals surface area (Å²) in [6.07, 6.45) is 0.624. The number of carbonyl (C=O) groups excluding carboxylic acids is 1. The molecule has 2 heterocycles. The lowest BCUT2D eigenvalue weighted by molar-refractivity contribution is -0.137. The van der Waals surface area contributed by atoms with Crippen molar-refractivity contribution in [3.63, 3.8) is 0 Å². The molecular weight excluding hydrogens is 206 g/mol. The Morgan fingerprint density at radius 3 is 3.31 bits per heavy atom. The molecule has 2 rings (SSSR count). The maximum atomic E-state index is 11.2. The van der Waals surface area contributed by atoms with Crippen LogP contribution in [0.1, 0.15) is 13.3 Å². The van der Waals surface area contributed by atoms with Crippen molar-refractivity contribution >= 4 is 34.9 Å². The fourth-order valence-electron chi connectivity index (χ4n) is 1.34. The third-order valence-electron chi connectivity index (χ3n) is 1.99. The van der Waals surface area contributed by atoms with E-state index in [4.69, 9.17) is 17.0 Å². The van der Waals surface area contributed by atoms with E-state index >= 15 is 0 Å². The zero-order valence-electron chi connectivity index (χ0n) is 7.15. The minimum Gasteiger partial charge on any atom is -0.482 e. The van der Waals surface area contributed by atoms with E-state index in [1.165, 1.54) is 0 Å². The Morgan fingerprint density at radius 2 is 2.69 bits per heavy atom. The Balaban J connectivity index is 2.08. The molecule has 0 bridgehead atoms. The number of hydrogen-bond donors (Lipinski definition) is 0. The van der Waals surface area contributed by atoms with Gasteiger partial charge in [0.2, 0.25) is 11.0 Å². The predicted molar refractivity (Wildman–Crippen MR) is 55.1 cm³/mol. The summed E-state index contributed by atoms with van der Waals surface area (Å²) in [6.45, 7) is 2.43. The first-order valence-corrected chi connectivity index (χ1v) is 5.44. The van der Waals surface area contributed by atoms with Crippen molar-refractivity contribution in [1.82, 2.24) is 4.90 Å². The minimum absolute atomic E-state index is 0.142. The second-order valence-electron chi connectivity index (χ2n) is 2.78. The molecular formula is C8H9NO2S2.